The molecule has 0 aliphatic heterocycles. The van der Waals surface area contributed by atoms with Crippen molar-refractivity contribution >= 4 is 23.2 Å². The van der Waals surface area contributed by atoms with Gasteiger partial charge in [-0.2, -0.15) is 0 Å². The maximum atomic E-state index is 12.6. The molecule has 1 fully saturated rings. The molecule has 0 saturated heterocycles. The number of carbonyl (C=O) groups is 2. The van der Waals surface area contributed by atoms with Gasteiger partial charge in [-0.3, -0.25) is 4.79 Å². The van der Waals surface area contributed by atoms with Crippen LogP contribution in [0.15, 0.2) is 5.38 Å². The summed E-state index contributed by atoms with van der Waals surface area (Å²) in [6.07, 6.45) is 2.06. The second-order valence-corrected chi connectivity index (χ2v) is 7.86. The van der Waals surface area contributed by atoms with Gasteiger partial charge in [0.05, 0.1) is 23.3 Å². The average Bonchev–Trinajstić information content (AvgIpc) is 3.19. The first-order valence-electron chi connectivity index (χ1n) is 8.31. The van der Waals surface area contributed by atoms with Crippen molar-refractivity contribution in [2.45, 2.75) is 72.0 Å². The standard InChI is InChI=1S/C17H27N3O2S/c1-10(2)15(12(5)21)19-17(22)20(14-6-7-14)8-13-9-23-16(18-13)11(3)4/h9-11,14-15H,6-8H2,1-5H3,(H,19,22). The van der Waals surface area contributed by atoms with Crippen molar-refractivity contribution in [1.82, 2.24) is 15.2 Å². The minimum Gasteiger partial charge on any atom is -0.328 e. The number of urea groups is 1. The first kappa shape index (κ1) is 17.9. The van der Waals surface area contributed by atoms with Crippen molar-refractivity contribution in [1.29, 1.82) is 0 Å². The van der Waals surface area contributed by atoms with Crippen LogP contribution in [0.25, 0.3) is 0 Å². The van der Waals surface area contributed by atoms with E-state index in [4.69, 9.17) is 0 Å². The molecule has 1 heterocycles. The maximum absolute atomic E-state index is 12.6. The molecule has 0 radical (unpaired) electrons. The third kappa shape index (κ3) is 4.77. The van der Waals surface area contributed by atoms with Crippen molar-refractivity contribution in [3.63, 3.8) is 0 Å². The molecule has 0 bridgehead atoms. The normalized spacial score (nSPS) is 15.8. The summed E-state index contributed by atoms with van der Waals surface area (Å²) in [5.74, 6) is 0.490. The zero-order valence-electron chi connectivity index (χ0n) is 14.6. The Morgan fingerprint density at radius 2 is 2.00 bits per heavy atom. The summed E-state index contributed by atoms with van der Waals surface area (Å²) in [4.78, 5) is 30.8. The molecule has 1 saturated carbocycles. The highest BCUT2D eigenvalue weighted by molar-refractivity contribution is 7.09. The van der Waals surface area contributed by atoms with Gasteiger partial charge in [0.25, 0.3) is 0 Å². The number of hydrogen-bond acceptors (Lipinski definition) is 4. The Morgan fingerprint density at radius 1 is 1.35 bits per heavy atom. The Hall–Kier alpha value is -1.43. The van der Waals surface area contributed by atoms with Crippen LogP contribution in [0.3, 0.4) is 0 Å². The summed E-state index contributed by atoms with van der Waals surface area (Å²) >= 11 is 1.64. The van der Waals surface area contributed by atoms with E-state index in [2.05, 4.69) is 24.1 Å². The highest BCUT2D eigenvalue weighted by Crippen LogP contribution is 2.29. The first-order valence-corrected chi connectivity index (χ1v) is 9.19. The lowest BCUT2D eigenvalue weighted by molar-refractivity contribution is -0.119. The second-order valence-electron chi connectivity index (χ2n) is 6.97. The van der Waals surface area contributed by atoms with Crippen LogP contribution in [0.5, 0.6) is 0 Å². The third-order valence-corrected chi connectivity index (χ3v) is 5.22. The van der Waals surface area contributed by atoms with E-state index < -0.39 is 6.04 Å². The minimum absolute atomic E-state index is 0.000140. The largest absolute Gasteiger partial charge is 0.328 e. The second kappa shape index (κ2) is 7.43. The molecule has 2 amide bonds. The van der Waals surface area contributed by atoms with E-state index in [1.54, 1.807) is 11.3 Å². The van der Waals surface area contributed by atoms with Crippen LogP contribution in [0.1, 0.15) is 64.1 Å². The van der Waals surface area contributed by atoms with Crippen LogP contribution >= 0.6 is 11.3 Å². The molecule has 6 heteroatoms. The molecular formula is C17H27N3O2S. The van der Waals surface area contributed by atoms with Crippen molar-refractivity contribution in [2.24, 2.45) is 5.92 Å². The van der Waals surface area contributed by atoms with E-state index in [1.165, 1.54) is 6.92 Å². The number of amides is 2. The van der Waals surface area contributed by atoms with Crippen LogP contribution in [-0.2, 0) is 11.3 Å². The highest BCUT2D eigenvalue weighted by atomic mass is 32.1. The molecule has 5 nitrogen and oxygen atoms in total. The number of aromatic nitrogens is 1. The van der Waals surface area contributed by atoms with Gasteiger partial charge in [0.2, 0.25) is 0 Å². The van der Waals surface area contributed by atoms with Crippen LogP contribution in [0.2, 0.25) is 0 Å². The van der Waals surface area contributed by atoms with E-state index in [9.17, 15) is 9.59 Å². The van der Waals surface area contributed by atoms with Crippen molar-refractivity contribution < 1.29 is 9.59 Å². The van der Waals surface area contributed by atoms with E-state index in [0.717, 1.165) is 23.5 Å². The fourth-order valence-corrected chi connectivity index (χ4v) is 3.37. The number of thiazole rings is 1. The topological polar surface area (TPSA) is 62.3 Å². The van der Waals surface area contributed by atoms with Crippen LogP contribution in [0.4, 0.5) is 4.79 Å². The number of nitrogens with zero attached hydrogens (tertiary/aromatic N) is 2. The van der Waals surface area contributed by atoms with Crippen LogP contribution < -0.4 is 5.32 Å². The Morgan fingerprint density at radius 3 is 2.43 bits per heavy atom. The third-order valence-electron chi connectivity index (χ3n) is 4.03. The van der Waals surface area contributed by atoms with Gasteiger partial charge in [0.15, 0.2) is 5.78 Å². The summed E-state index contributed by atoms with van der Waals surface area (Å²) in [5.41, 5.74) is 0.935. The van der Waals surface area contributed by atoms with Gasteiger partial charge in [-0.25, -0.2) is 9.78 Å². The molecule has 1 aromatic heterocycles. The molecule has 1 atom stereocenters. The molecule has 1 aliphatic rings. The number of carbonyl (C=O) groups excluding carboxylic acids is 2. The lowest BCUT2D eigenvalue weighted by Gasteiger charge is -2.26. The molecule has 1 aromatic rings. The quantitative estimate of drug-likeness (QED) is 0.827. The Bertz CT molecular complexity index is 564. The lowest BCUT2D eigenvalue weighted by Crippen LogP contribution is -2.50. The Kier molecular flexibility index (Phi) is 5.79. The fourth-order valence-electron chi connectivity index (χ4n) is 2.54. The monoisotopic (exact) mass is 337 g/mol. The van der Waals surface area contributed by atoms with Crippen LogP contribution in [-0.4, -0.2) is 33.8 Å². The SMILES string of the molecule is CC(=O)C(NC(=O)N(Cc1csc(C(C)C)n1)C1CC1)C(C)C. The van der Waals surface area contributed by atoms with E-state index >= 15 is 0 Å². The van der Waals surface area contributed by atoms with Crippen molar-refractivity contribution in [3.05, 3.63) is 16.1 Å². The summed E-state index contributed by atoms with van der Waals surface area (Å²) in [6, 6.07) is -0.301. The predicted molar refractivity (Wildman–Crippen MR) is 92.6 cm³/mol. The zero-order valence-corrected chi connectivity index (χ0v) is 15.4. The van der Waals surface area contributed by atoms with Crippen LogP contribution in [0, 0.1) is 5.92 Å². The molecule has 0 spiro atoms. The number of Topliss-reactive ketones (excluding diaryl/α,β-unsaturated/α-hetero) is 1. The average molecular weight is 337 g/mol. The maximum Gasteiger partial charge on any atom is 0.318 e. The van der Waals surface area contributed by atoms with E-state index in [-0.39, 0.29) is 23.8 Å². The van der Waals surface area contributed by atoms with Gasteiger partial charge in [0, 0.05) is 17.3 Å². The summed E-state index contributed by atoms with van der Waals surface area (Å²) in [7, 11) is 0. The lowest BCUT2D eigenvalue weighted by atomic mass is 10.0. The Balaban J connectivity index is 2.05. The molecule has 1 aliphatic carbocycles. The summed E-state index contributed by atoms with van der Waals surface area (Å²) in [6.45, 7) is 10.2. The minimum atomic E-state index is -0.426. The predicted octanol–water partition coefficient (Wildman–Crippen LogP) is 3.55. The number of ketones is 1. The number of rotatable bonds is 7. The fraction of sp³-hybridized carbons (Fsp3) is 0.706. The molecule has 23 heavy (non-hydrogen) atoms. The summed E-state index contributed by atoms with van der Waals surface area (Å²) in [5, 5.41) is 6.03. The molecule has 128 valence electrons. The highest BCUT2D eigenvalue weighted by Gasteiger charge is 2.34. The molecule has 1 unspecified atom stereocenters. The number of nitrogens with one attached hydrogen (secondary N) is 1. The van der Waals surface area contributed by atoms with Gasteiger partial charge >= 0.3 is 6.03 Å². The molecular weight excluding hydrogens is 310 g/mol. The van der Waals surface area contributed by atoms with E-state index in [1.807, 2.05) is 24.1 Å². The zero-order chi connectivity index (χ0) is 17.1. The van der Waals surface area contributed by atoms with Crippen molar-refractivity contribution in [3.8, 4) is 0 Å². The molecule has 2 rings (SSSR count). The summed E-state index contributed by atoms with van der Waals surface area (Å²) < 4.78 is 0. The molecule has 0 aromatic carbocycles. The first-order chi connectivity index (χ1) is 10.8. The van der Waals surface area contributed by atoms with Gasteiger partial charge in [-0.05, 0) is 25.7 Å². The smallest absolute Gasteiger partial charge is 0.318 e. The van der Waals surface area contributed by atoms with Gasteiger partial charge < -0.3 is 10.2 Å². The Labute approximate surface area is 142 Å². The van der Waals surface area contributed by atoms with Gasteiger partial charge in [-0.15, -0.1) is 11.3 Å². The number of hydrogen-bond donors (Lipinski definition) is 1. The molecule has 1 N–H and O–H groups in total. The van der Waals surface area contributed by atoms with Gasteiger partial charge in [-0.1, -0.05) is 27.7 Å². The van der Waals surface area contributed by atoms with Gasteiger partial charge in [0.1, 0.15) is 0 Å². The van der Waals surface area contributed by atoms with Crippen molar-refractivity contribution in [2.75, 3.05) is 0 Å². The van der Waals surface area contributed by atoms with E-state index in [0.29, 0.717) is 12.5 Å².